The van der Waals surface area contributed by atoms with Crippen molar-refractivity contribution in [2.75, 3.05) is 23.3 Å². The smallest absolute Gasteiger partial charge is 0.417 e. The second kappa shape index (κ2) is 11.4. The van der Waals surface area contributed by atoms with Gasteiger partial charge in [0.25, 0.3) is 6.47 Å². The van der Waals surface area contributed by atoms with Gasteiger partial charge in [-0.3, -0.25) is 19.3 Å². The second-order valence-corrected chi connectivity index (χ2v) is 9.64. The van der Waals surface area contributed by atoms with Gasteiger partial charge in [0.1, 0.15) is 11.7 Å². The molecule has 4 heterocycles. The Bertz CT molecular complexity index is 1800. The fourth-order valence-electron chi connectivity index (χ4n) is 5.05. The molecule has 0 spiro atoms. The van der Waals surface area contributed by atoms with Gasteiger partial charge in [-0.1, -0.05) is 18.2 Å². The van der Waals surface area contributed by atoms with Crippen LogP contribution in [0.1, 0.15) is 32.6 Å². The number of hydrogen-bond acceptors (Lipinski definition) is 8. The zero-order chi connectivity index (χ0) is 30.9. The zero-order valence-corrected chi connectivity index (χ0v) is 22.9. The van der Waals surface area contributed by atoms with E-state index in [9.17, 15) is 18.0 Å². The number of aromatic nitrogens is 4. The Labute approximate surface area is 243 Å². The molecular formula is C29H25F3N8O3. The maximum atomic E-state index is 14.0. The second-order valence-electron chi connectivity index (χ2n) is 9.64. The van der Waals surface area contributed by atoms with Gasteiger partial charge in [-0.05, 0) is 47.9 Å². The monoisotopic (exact) mass is 590 g/mol. The molecule has 2 aromatic heterocycles. The molecule has 0 saturated carbocycles. The molecule has 0 fully saturated rings. The number of carbonyl (C=O) groups excluding carboxylic acids is 1. The number of aliphatic imine (C=N–C) groups is 1. The van der Waals surface area contributed by atoms with Crippen LogP contribution < -0.4 is 16.0 Å². The number of nitrogens with one attached hydrogen (secondary N) is 1. The molecule has 2 aliphatic rings. The van der Waals surface area contributed by atoms with Gasteiger partial charge in [-0.2, -0.15) is 23.3 Å². The summed E-state index contributed by atoms with van der Waals surface area (Å²) in [6, 6.07) is 8.40. The van der Waals surface area contributed by atoms with Crippen LogP contribution in [0.4, 0.5) is 30.6 Å². The Kier molecular flexibility index (Phi) is 7.68. The third-order valence-corrected chi connectivity index (χ3v) is 6.85. The minimum atomic E-state index is -4.68. The Morgan fingerprint density at radius 3 is 2.63 bits per heavy atom. The molecule has 220 valence electrons. The van der Waals surface area contributed by atoms with E-state index in [1.807, 2.05) is 24.9 Å². The van der Waals surface area contributed by atoms with Crippen LogP contribution in [0.3, 0.4) is 0 Å². The average molecular weight is 591 g/mol. The Balaban J connectivity index is 0.00000118. The number of hydrogen-bond donors (Lipinski definition) is 3. The third-order valence-electron chi connectivity index (χ3n) is 6.85. The summed E-state index contributed by atoms with van der Waals surface area (Å²) in [5.74, 6) is 0.802. The Hall–Kier alpha value is -5.53. The number of rotatable bonds is 5. The fourth-order valence-corrected chi connectivity index (χ4v) is 5.05. The van der Waals surface area contributed by atoms with Crippen molar-refractivity contribution in [2.24, 2.45) is 17.8 Å². The van der Waals surface area contributed by atoms with Crippen molar-refractivity contribution in [1.29, 1.82) is 0 Å². The van der Waals surface area contributed by atoms with Crippen LogP contribution in [0, 0.1) is 6.92 Å². The van der Waals surface area contributed by atoms with Gasteiger partial charge >= 0.3 is 6.18 Å². The van der Waals surface area contributed by atoms with Crippen molar-refractivity contribution in [3.05, 3.63) is 82.8 Å². The highest BCUT2D eigenvalue weighted by Crippen LogP contribution is 2.42. The highest BCUT2D eigenvalue weighted by molar-refractivity contribution is 6.36. The molecule has 43 heavy (non-hydrogen) atoms. The molecule has 0 atom stereocenters. The van der Waals surface area contributed by atoms with Crippen LogP contribution in [0.15, 0.2) is 60.0 Å². The first kappa shape index (κ1) is 29.0. The summed E-state index contributed by atoms with van der Waals surface area (Å²) >= 11 is 0. The van der Waals surface area contributed by atoms with Gasteiger partial charge in [-0.25, -0.2) is 4.98 Å². The van der Waals surface area contributed by atoms with Gasteiger partial charge in [0.05, 0.1) is 24.0 Å². The first-order valence-electron chi connectivity index (χ1n) is 12.9. The average Bonchev–Trinajstić information content (AvgIpc) is 3.62. The molecule has 0 bridgehead atoms. The molecule has 2 aromatic carbocycles. The van der Waals surface area contributed by atoms with Gasteiger partial charge < -0.3 is 21.1 Å². The van der Waals surface area contributed by atoms with Crippen molar-refractivity contribution in [3.63, 3.8) is 0 Å². The van der Waals surface area contributed by atoms with Crippen LogP contribution in [0.5, 0.6) is 0 Å². The van der Waals surface area contributed by atoms with Crippen LogP contribution in [-0.4, -0.2) is 56.2 Å². The molecule has 6 rings (SSSR count). The number of amidine groups is 1. The molecule has 14 heteroatoms. The molecule has 2 aliphatic heterocycles. The van der Waals surface area contributed by atoms with Crippen LogP contribution in [0.25, 0.3) is 22.8 Å². The largest absolute Gasteiger partial charge is 0.483 e. The first-order chi connectivity index (χ1) is 20.5. The number of fused-ring (bicyclic) bond motifs is 3. The van der Waals surface area contributed by atoms with Gasteiger partial charge in [-0.15, -0.1) is 0 Å². The summed E-state index contributed by atoms with van der Waals surface area (Å²) in [5, 5.41) is 14.2. The molecule has 1 amide bonds. The van der Waals surface area contributed by atoms with E-state index in [4.69, 9.17) is 25.6 Å². The summed E-state index contributed by atoms with van der Waals surface area (Å²) in [5.41, 5.74) is 8.06. The number of carbonyl (C=O) groups is 2. The minimum absolute atomic E-state index is 0.200. The van der Waals surface area contributed by atoms with E-state index in [-0.39, 0.29) is 23.2 Å². The molecule has 11 nitrogen and oxygen atoms in total. The normalized spacial score (nSPS) is 13.7. The quantitative estimate of drug-likeness (QED) is 0.287. The van der Waals surface area contributed by atoms with Crippen molar-refractivity contribution in [1.82, 2.24) is 19.7 Å². The molecule has 4 aromatic rings. The number of halogens is 3. The molecule has 0 aliphatic carbocycles. The molecule has 4 N–H and O–H groups in total. The molecule has 0 unspecified atom stereocenters. The topological polar surface area (TPSA) is 152 Å². The van der Waals surface area contributed by atoms with E-state index in [0.717, 1.165) is 28.5 Å². The number of anilines is 3. The lowest BCUT2D eigenvalue weighted by molar-refractivity contribution is -0.137. The van der Waals surface area contributed by atoms with Crippen LogP contribution >= 0.6 is 0 Å². The van der Waals surface area contributed by atoms with Crippen molar-refractivity contribution in [3.8, 4) is 11.1 Å². The van der Waals surface area contributed by atoms with Crippen molar-refractivity contribution in [2.45, 2.75) is 13.1 Å². The SMILES string of the molecule is Cc1ccc(-c2c(C(N)=O)cccc2C(F)(F)F)cc1C1=Cc2cnc(Nc3cnn(C)c3)nc2N2CCN=C12.O=CO. The highest BCUT2D eigenvalue weighted by Gasteiger charge is 2.36. The number of alkyl halides is 3. The highest BCUT2D eigenvalue weighted by atomic mass is 19.4. The number of amides is 1. The number of nitrogens with two attached hydrogens (primary N) is 1. The van der Waals surface area contributed by atoms with E-state index in [1.165, 1.54) is 12.1 Å². The summed E-state index contributed by atoms with van der Waals surface area (Å²) < 4.78 is 43.7. The third kappa shape index (κ3) is 5.66. The molecule has 0 radical (unpaired) electrons. The number of carboxylic acid groups (broad SMARTS) is 1. The maximum Gasteiger partial charge on any atom is 0.417 e. The lowest BCUT2D eigenvalue weighted by Gasteiger charge is -2.28. The van der Waals surface area contributed by atoms with E-state index >= 15 is 0 Å². The zero-order valence-electron chi connectivity index (χ0n) is 22.9. The Morgan fingerprint density at radius 2 is 1.95 bits per heavy atom. The summed E-state index contributed by atoms with van der Waals surface area (Å²) in [4.78, 5) is 36.4. The number of aryl methyl sites for hydroxylation is 2. The summed E-state index contributed by atoms with van der Waals surface area (Å²) in [6.45, 7) is 2.74. The van der Waals surface area contributed by atoms with E-state index in [1.54, 1.807) is 41.5 Å². The predicted molar refractivity (Wildman–Crippen MR) is 155 cm³/mol. The van der Waals surface area contributed by atoms with E-state index in [0.29, 0.717) is 36.3 Å². The predicted octanol–water partition coefficient (Wildman–Crippen LogP) is 4.52. The van der Waals surface area contributed by atoms with Gasteiger partial charge in [0.2, 0.25) is 11.9 Å². The van der Waals surface area contributed by atoms with Crippen LogP contribution in [-0.2, 0) is 18.0 Å². The fraction of sp³-hybridized carbons (Fsp3) is 0.172. The number of primary amides is 1. The Morgan fingerprint density at radius 1 is 1.19 bits per heavy atom. The standard InChI is InChI=1S/C28H23F3N8O.CH2O2/c1-15-6-7-16(23-19(24(32)40)4-3-5-22(23)28(29,30)31)10-20(15)21-11-17-12-34-27(36-18-13-35-38(2)14-18)37-25(17)39-9-8-33-26(21)39;2-1-3/h3-7,10-14H,8-9H2,1-2H3,(H2,32,40)(H,34,36,37);1H,(H,2,3). The van der Waals surface area contributed by atoms with E-state index in [2.05, 4.69) is 15.4 Å². The lowest BCUT2D eigenvalue weighted by atomic mass is 9.88. The van der Waals surface area contributed by atoms with Crippen LogP contribution in [0.2, 0.25) is 0 Å². The molecule has 0 saturated heterocycles. The van der Waals surface area contributed by atoms with Gasteiger partial charge in [0.15, 0.2) is 0 Å². The number of nitrogens with zero attached hydrogens (tertiary/aromatic N) is 6. The van der Waals surface area contributed by atoms with Gasteiger partial charge in [0, 0.05) is 48.2 Å². The summed E-state index contributed by atoms with van der Waals surface area (Å²) in [7, 11) is 1.81. The number of benzene rings is 2. The lowest BCUT2D eigenvalue weighted by Crippen LogP contribution is -2.32. The summed E-state index contributed by atoms with van der Waals surface area (Å²) in [6.07, 6.45) is 2.38. The molecular weight excluding hydrogens is 565 g/mol. The minimum Gasteiger partial charge on any atom is -0.483 e. The maximum absolute atomic E-state index is 14.0. The first-order valence-corrected chi connectivity index (χ1v) is 12.9. The van der Waals surface area contributed by atoms with Crippen molar-refractivity contribution >= 4 is 47.3 Å². The van der Waals surface area contributed by atoms with E-state index < -0.39 is 17.6 Å². The van der Waals surface area contributed by atoms with Crippen molar-refractivity contribution < 1.29 is 27.9 Å².